The molecule has 0 saturated carbocycles. The predicted molar refractivity (Wildman–Crippen MR) is 129 cm³/mol. The third-order valence-electron chi connectivity index (χ3n) is 5.10. The van der Waals surface area contributed by atoms with Crippen LogP contribution in [-0.4, -0.2) is 22.5 Å². The maximum atomic E-state index is 13.9. The van der Waals surface area contributed by atoms with Crippen molar-refractivity contribution in [3.63, 3.8) is 0 Å². The van der Waals surface area contributed by atoms with Crippen LogP contribution in [0, 0.1) is 5.82 Å². The summed E-state index contributed by atoms with van der Waals surface area (Å²) in [5.41, 5.74) is 2.02. The van der Waals surface area contributed by atoms with Crippen molar-refractivity contribution < 1.29 is 14.0 Å². The molecular weight excluding hydrogens is 488 g/mol. The van der Waals surface area contributed by atoms with Gasteiger partial charge in [0.2, 0.25) is 0 Å². The Morgan fingerprint density at radius 2 is 1.79 bits per heavy atom. The second-order valence-corrected chi connectivity index (χ2v) is 8.50. The first-order valence-corrected chi connectivity index (χ1v) is 11.1. The molecule has 5 nitrogen and oxygen atoms in total. The van der Waals surface area contributed by atoms with Gasteiger partial charge in [-0.1, -0.05) is 76.4 Å². The Balaban J connectivity index is 1.67. The molecule has 0 aromatic heterocycles. The van der Waals surface area contributed by atoms with E-state index in [1.54, 1.807) is 36.2 Å². The van der Waals surface area contributed by atoms with Gasteiger partial charge in [0.05, 0.1) is 22.3 Å². The summed E-state index contributed by atoms with van der Waals surface area (Å²) < 4.78 is 13.9. The molecule has 3 aromatic carbocycles. The minimum absolute atomic E-state index is 0.213. The van der Waals surface area contributed by atoms with Crippen LogP contribution >= 0.6 is 34.8 Å². The predicted octanol–water partition coefficient (Wildman–Crippen LogP) is 7.13. The smallest absolute Gasteiger partial charge is 0.311 e. The van der Waals surface area contributed by atoms with Crippen molar-refractivity contribution in [2.45, 2.75) is 19.4 Å². The lowest BCUT2D eigenvalue weighted by Gasteiger charge is -2.23. The normalized spacial score (nSPS) is 16.0. The van der Waals surface area contributed by atoms with Gasteiger partial charge in [-0.15, -0.1) is 0 Å². The van der Waals surface area contributed by atoms with Crippen molar-refractivity contribution in [3.05, 3.63) is 104 Å². The first-order valence-electron chi connectivity index (χ1n) is 9.92. The Morgan fingerprint density at radius 3 is 2.52 bits per heavy atom. The summed E-state index contributed by atoms with van der Waals surface area (Å²) >= 11 is 18.9. The molecule has 0 saturated heterocycles. The summed E-state index contributed by atoms with van der Waals surface area (Å²) in [7, 11) is 0. The lowest BCUT2D eigenvalue weighted by atomic mass is 9.98. The lowest BCUT2D eigenvalue weighted by molar-refractivity contribution is 0.0502. The first-order chi connectivity index (χ1) is 15.8. The summed E-state index contributed by atoms with van der Waals surface area (Å²) in [5, 5.41) is 11.7. The zero-order chi connectivity index (χ0) is 23.5. The number of benzene rings is 3. The van der Waals surface area contributed by atoms with E-state index in [1.807, 2.05) is 18.2 Å². The fraction of sp³-hybridized carbons (Fsp3) is 0.125. The van der Waals surface area contributed by atoms with Gasteiger partial charge in [0.25, 0.3) is 0 Å². The average molecular weight is 505 g/mol. The quantitative estimate of drug-likeness (QED) is 0.164. The molecule has 1 atom stereocenters. The minimum atomic E-state index is -0.911. The maximum Gasteiger partial charge on any atom is 0.368 e. The number of hydrazone groups is 1. The molecule has 0 aliphatic carbocycles. The average Bonchev–Trinajstić information content (AvgIpc) is 3.23. The summed E-state index contributed by atoms with van der Waals surface area (Å²) in [4.78, 5) is 17.3. The highest BCUT2D eigenvalue weighted by molar-refractivity contribution is 6.37. The summed E-state index contributed by atoms with van der Waals surface area (Å²) in [6.45, 7) is 1.63. The van der Waals surface area contributed by atoms with Gasteiger partial charge < -0.3 is 4.84 Å². The lowest BCUT2D eigenvalue weighted by Crippen LogP contribution is -2.25. The van der Waals surface area contributed by atoms with E-state index in [4.69, 9.17) is 39.6 Å². The van der Waals surface area contributed by atoms with Crippen LogP contribution in [0.25, 0.3) is 0 Å². The van der Waals surface area contributed by atoms with Crippen molar-refractivity contribution >= 4 is 52.3 Å². The van der Waals surface area contributed by atoms with Gasteiger partial charge in [0, 0.05) is 22.0 Å². The van der Waals surface area contributed by atoms with Gasteiger partial charge in [-0.3, -0.25) is 0 Å². The van der Waals surface area contributed by atoms with Crippen LogP contribution in [0.3, 0.4) is 0 Å². The largest absolute Gasteiger partial charge is 0.368 e. The van der Waals surface area contributed by atoms with E-state index in [-0.39, 0.29) is 17.4 Å². The Bertz CT molecular complexity index is 1280. The number of carbonyl (C=O) groups excluding carboxylic acids is 1. The zero-order valence-corrected chi connectivity index (χ0v) is 19.6. The number of hydrogen-bond donors (Lipinski definition) is 0. The highest BCUT2D eigenvalue weighted by Crippen LogP contribution is 2.38. The number of rotatable bonds is 4. The van der Waals surface area contributed by atoms with Gasteiger partial charge in [-0.2, -0.15) is 5.10 Å². The van der Waals surface area contributed by atoms with Crippen LogP contribution in [-0.2, 0) is 4.84 Å². The fourth-order valence-electron chi connectivity index (χ4n) is 3.51. The molecule has 4 rings (SSSR count). The maximum absolute atomic E-state index is 13.9. The van der Waals surface area contributed by atoms with Gasteiger partial charge in [0.1, 0.15) is 5.82 Å². The number of halogens is 4. The molecule has 0 bridgehead atoms. The molecule has 33 heavy (non-hydrogen) atoms. The Hall–Kier alpha value is -2.93. The van der Waals surface area contributed by atoms with Crippen LogP contribution < -0.4 is 0 Å². The van der Waals surface area contributed by atoms with E-state index >= 15 is 0 Å². The molecule has 0 radical (unpaired) electrons. The molecule has 1 aliphatic heterocycles. The minimum Gasteiger partial charge on any atom is -0.311 e. The van der Waals surface area contributed by atoms with E-state index < -0.39 is 11.8 Å². The standard InChI is InChI=1S/C24H17Cl3FN3O2/c1-14(30-33-24(32)18-7-3-5-9-21(18)28)31-23(17-6-2-4-8-19(17)26)13-22(29-31)16-11-10-15(25)12-20(16)27/h2-12,23H,13H2,1H3/b30-14+. The zero-order valence-electron chi connectivity index (χ0n) is 17.3. The molecule has 0 amide bonds. The van der Waals surface area contributed by atoms with Gasteiger partial charge in [-0.25, -0.2) is 14.2 Å². The van der Waals surface area contributed by atoms with Crippen molar-refractivity contribution in [1.82, 2.24) is 5.01 Å². The third-order valence-corrected chi connectivity index (χ3v) is 5.99. The molecule has 0 spiro atoms. The van der Waals surface area contributed by atoms with Crippen LogP contribution in [0.15, 0.2) is 77.0 Å². The van der Waals surface area contributed by atoms with Crippen LogP contribution in [0.2, 0.25) is 15.1 Å². The molecular formula is C24H17Cl3FN3O2. The molecule has 1 unspecified atom stereocenters. The Kier molecular flexibility index (Phi) is 6.98. The number of carbonyl (C=O) groups is 1. The number of hydrogen-bond acceptors (Lipinski definition) is 4. The van der Waals surface area contributed by atoms with Crippen molar-refractivity contribution in [3.8, 4) is 0 Å². The van der Waals surface area contributed by atoms with Crippen LogP contribution in [0.4, 0.5) is 4.39 Å². The van der Waals surface area contributed by atoms with E-state index in [0.29, 0.717) is 27.2 Å². The van der Waals surface area contributed by atoms with Crippen molar-refractivity contribution in [1.29, 1.82) is 0 Å². The van der Waals surface area contributed by atoms with Crippen molar-refractivity contribution in [2.75, 3.05) is 0 Å². The van der Waals surface area contributed by atoms with E-state index in [9.17, 15) is 9.18 Å². The fourth-order valence-corrected chi connectivity index (χ4v) is 4.29. The molecule has 0 N–H and O–H groups in total. The second kappa shape index (κ2) is 9.91. The Morgan fingerprint density at radius 1 is 1.06 bits per heavy atom. The number of nitrogens with zero attached hydrogens (tertiary/aromatic N) is 3. The summed E-state index contributed by atoms with van der Waals surface area (Å²) in [6, 6.07) is 17.7. The number of amidine groups is 1. The molecule has 1 heterocycles. The monoisotopic (exact) mass is 503 g/mol. The summed E-state index contributed by atoms with van der Waals surface area (Å²) in [5.74, 6) is -1.32. The summed E-state index contributed by atoms with van der Waals surface area (Å²) in [6.07, 6.45) is 0.471. The molecule has 168 valence electrons. The highest BCUT2D eigenvalue weighted by Gasteiger charge is 2.33. The van der Waals surface area contributed by atoms with E-state index in [1.165, 1.54) is 24.3 Å². The topological polar surface area (TPSA) is 54.3 Å². The molecule has 0 fully saturated rings. The molecule has 9 heteroatoms. The highest BCUT2D eigenvalue weighted by atomic mass is 35.5. The van der Waals surface area contributed by atoms with E-state index in [0.717, 1.165) is 11.1 Å². The second-order valence-electron chi connectivity index (χ2n) is 7.25. The Labute approximate surface area is 205 Å². The van der Waals surface area contributed by atoms with Crippen LogP contribution in [0.5, 0.6) is 0 Å². The van der Waals surface area contributed by atoms with Gasteiger partial charge >= 0.3 is 5.97 Å². The van der Waals surface area contributed by atoms with Gasteiger partial charge in [-0.05, 0) is 42.8 Å². The SMILES string of the molecule is C/C(=N\OC(=O)c1ccccc1F)N1N=C(c2ccc(Cl)cc2Cl)CC1c1ccccc1Cl. The first kappa shape index (κ1) is 23.2. The molecule has 1 aliphatic rings. The van der Waals surface area contributed by atoms with E-state index in [2.05, 4.69) is 10.3 Å². The van der Waals surface area contributed by atoms with Gasteiger partial charge in [0.15, 0.2) is 5.84 Å². The number of oxime groups is 1. The van der Waals surface area contributed by atoms with Crippen LogP contribution in [0.1, 0.15) is 40.9 Å². The third kappa shape index (κ3) is 5.03. The molecule has 3 aromatic rings. The van der Waals surface area contributed by atoms with Crippen molar-refractivity contribution in [2.24, 2.45) is 10.3 Å².